The molecule has 0 N–H and O–H groups in total. The lowest BCUT2D eigenvalue weighted by Crippen LogP contribution is -2.23. The molecule has 1 aliphatic heterocycles. The smallest absolute Gasteiger partial charge is 0.261 e. The fraction of sp³-hybridized carbons (Fsp3) is 0.111. The van der Waals surface area contributed by atoms with Gasteiger partial charge in [-0.05, 0) is 47.7 Å². The van der Waals surface area contributed by atoms with Crippen LogP contribution >= 0.6 is 11.8 Å². The van der Waals surface area contributed by atoms with Gasteiger partial charge in [-0.3, -0.25) is 0 Å². The van der Waals surface area contributed by atoms with Crippen LogP contribution in [0, 0.1) is 0 Å². The Bertz CT molecular complexity index is 946. The second kappa shape index (κ2) is 6.52. The van der Waals surface area contributed by atoms with Crippen molar-refractivity contribution in [1.82, 2.24) is 4.98 Å². The summed E-state index contributed by atoms with van der Waals surface area (Å²) in [4.78, 5) is 15.7. The summed E-state index contributed by atoms with van der Waals surface area (Å²) in [5.74, 6) is -0.0725. The van der Waals surface area contributed by atoms with Crippen LogP contribution in [0.25, 0.3) is 17.2 Å². The van der Waals surface area contributed by atoms with Crippen molar-refractivity contribution in [3.8, 4) is 11.5 Å². The molecule has 126 valence electrons. The van der Waals surface area contributed by atoms with E-state index in [1.807, 2.05) is 12.1 Å². The number of carboxylic acids is 1. The summed E-state index contributed by atoms with van der Waals surface area (Å²) >= 11 is 0.904. The molecule has 2 aromatic carbocycles. The maximum atomic E-state index is 11.5. The van der Waals surface area contributed by atoms with Crippen LogP contribution < -0.4 is 14.6 Å². The number of carbonyl (C=O) groups is 1. The fourth-order valence-corrected chi connectivity index (χ4v) is 3.16. The molecule has 0 radical (unpaired) electrons. The van der Waals surface area contributed by atoms with Crippen LogP contribution in [-0.2, 0) is 4.79 Å². The first kappa shape index (κ1) is 15.6. The van der Waals surface area contributed by atoms with Crippen molar-refractivity contribution in [2.45, 2.75) is 5.22 Å². The predicted octanol–water partition coefficient (Wildman–Crippen LogP) is 2.48. The molecule has 4 rings (SSSR count). The number of benzene rings is 2. The van der Waals surface area contributed by atoms with Crippen molar-refractivity contribution in [3.05, 3.63) is 52.9 Å². The number of carbonyl (C=O) groups excluding carboxylic acids is 1. The highest BCUT2D eigenvalue weighted by Gasteiger charge is 2.13. The zero-order valence-corrected chi connectivity index (χ0v) is 13.7. The van der Waals surface area contributed by atoms with Crippen LogP contribution in [0.1, 0.15) is 5.56 Å². The van der Waals surface area contributed by atoms with E-state index in [4.69, 9.17) is 13.9 Å². The number of aromatic nitrogens is 1. The minimum absolute atomic E-state index is 0.0109. The second-order valence-electron chi connectivity index (χ2n) is 5.25. The third-order valence-electron chi connectivity index (χ3n) is 3.54. The van der Waals surface area contributed by atoms with Gasteiger partial charge in [0.25, 0.3) is 5.22 Å². The summed E-state index contributed by atoms with van der Waals surface area (Å²) in [7, 11) is 0. The van der Waals surface area contributed by atoms with Crippen molar-refractivity contribution >= 4 is 34.9 Å². The van der Waals surface area contributed by atoms with Crippen LogP contribution in [0.2, 0.25) is 0 Å². The van der Waals surface area contributed by atoms with E-state index in [2.05, 4.69) is 4.98 Å². The number of ether oxygens (including phenoxy) is 2. The van der Waals surface area contributed by atoms with Crippen LogP contribution in [0.15, 0.2) is 57.0 Å². The van der Waals surface area contributed by atoms with Gasteiger partial charge >= 0.3 is 0 Å². The van der Waals surface area contributed by atoms with E-state index in [1.54, 1.807) is 30.3 Å². The quantitative estimate of drug-likeness (QED) is 0.525. The van der Waals surface area contributed by atoms with E-state index < -0.39 is 5.97 Å². The maximum Gasteiger partial charge on any atom is 0.261 e. The minimum Gasteiger partial charge on any atom is -0.544 e. The Hall–Kier alpha value is -2.93. The number of fused-ring (bicyclic) bond motifs is 2. The molecule has 1 aliphatic rings. The highest BCUT2D eigenvalue weighted by molar-refractivity contribution is 8.03. The van der Waals surface area contributed by atoms with Crippen molar-refractivity contribution in [1.29, 1.82) is 0 Å². The Morgan fingerprint density at radius 2 is 1.92 bits per heavy atom. The average Bonchev–Trinajstić information content (AvgIpc) is 3.03. The molecular formula is C18H12NO5S-. The summed E-state index contributed by atoms with van der Waals surface area (Å²) in [6.07, 6.45) is 1.49. The van der Waals surface area contributed by atoms with Gasteiger partial charge in [0.15, 0.2) is 17.1 Å². The Morgan fingerprint density at radius 3 is 2.72 bits per heavy atom. The Balaban J connectivity index is 1.64. The molecule has 7 heteroatoms. The number of aliphatic carboxylic acids is 1. The van der Waals surface area contributed by atoms with Crippen LogP contribution in [0.5, 0.6) is 11.5 Å². The highest BCUT2D eigenvalue weighted by Crippen LogP contribution is 2.34. The van der Waals surface area contributed by atoms with Crippen molar-refractivity contribution < 1.29 is 23.8 Å². The molecule has 0 bridgehead atoms. The molecule has 6 nitrogen and oxygen atoms in total. The van der Waals surface area contributed by atoms with Gasteiger partial charge in [0.05, 0.1) is 5.97 Å². The van der Waals surface area contributed by atoms with Crippen molar-refractivity contribution in [2.24, 2.45) is 0 Å². The zero-order valence-electron chi connectivity index (χ0n) is 12.9. The molecule has 0 spiro atoms. The van der Waals surface area contributed by atoms with Crippen LogP contribution in [0.3, 0.4) is 0 Å². The topological polar surface area (TPSA) is 84.6 Å². The first-order valence-corrected chi connectivity index (χ1v) is 8.37. The molecule has 2 heterocycles. The molecule has 1 aromatic heterocycles. The monoisotopic (exact) mass is 354 g/mol. The first-order valence-electron chi connectivity index (χ1n) is 7.55. The maximum absolute atomic E-state index is 11.5. The summed E-state index contributed by atoms with van der Waals surface area (Å²) < 4.78 is 16.5. The number of thioether (sulfide) groups is 1. The van der Waals surface area contributed by atoms with E-state index in [9.17, 15) is 9.90 Å². The van der Waals surface area contributed by atoms with Gasteiger partial charge in [-0.1, -0.05) is 18.2 Å². The van der Waals surface area contributed by atoms with Gasteiger partial charge < -0.3 is 23.8 Å². The summed E-state index contributed by atoms with van der Waals surface area (Å²) in [5.41, 5.74) is 1.93. The lowest BCUT2D eigenvalue weighted by Gasteiger charge is -2.18. The van der Waals surface area contributed by atoms with Gasteiger partial charge in [0, 0.05) is 4.91 Å². The molecule has 0 unspecified atom stereocenters. The second-order valence-corrected chi connectivity index (χ2v) is 6.24. The molecule has 0 saturated carbocycles. The standard InChI is InChI=1S/C18H13NO5S/c20-17(21)16(25-18-19-12-3-1-2-4-13(12)24-18)10-11-5-6-14-15(9-11)23-8-7-22-14/h1-6,9-10H,7-8H2,(H,20,21)/p-1/b16-10-. The average molecular weight is 354 g/mol. The zero-order chi connectivity index (χ0) is 17.2. The predicted molar refractivity (Wildman–Crippen MR) is 90.3 cm³/mol. The molecular weight excluding hydrogens is 342 g/mol. The largest absolute Gasteiger partial charge is 0.544 e. The number of nitrogens with zero attached hydrogens (tertiary/aromatic N) is 1. The highest BCUT2D eigenvalue weighted by atomic mass is 32.2. The van der Waals surface area contributed by atoms with Crippen molar-refractivity contribution in [2.75, 3.05) is 13.2 Å². The first-order chi connectivity index (χ1) is 12.2. The van der Waals surface area contributed by atoms with E-state index in [0.29, 0.717) is 41.4 Å². The fourth-order valence-electron chi connectivity index (χ4n) is 2.42. The lowest BCUT2D eigenvalue weighted by atomic mass is 10.2. The van der Waals surface area contributed by atoms with E-state index >= 15 is 0 Å². The third-order valence-corrected chi connectivity index (χ3v) is 4.39. The molecule has 0 atom stereocenters. The molecule has 0 amide bonds. The third kappa shape index (κ3) is 3.32. The molecule has 0 saturated heterocycles. The van der Waals surface area contributed by atoms with Gasteiger partial charge in [-0.2, -0.15) is 0 Å². The number of para-hydroxylation sites is 2. The van der Waals surface area contributed by atoms with Gasteiger partial charge in [0.1, 0.15) is 18.7 Å². The number of hydrogen-bond donors (Lipinski definition) is 0. The summed E-state index contributed by atoms with van der Waals surface area (Å²) in [6.45, 7) is 0.964. The van der Waals surface area contributed by atoms with Crippen LogP contribution in [0.4, 0.5) is 0 Å². The number of oxazole rings is 1. The number of rotatable bonds is 4. The van der Waals surface area contributed by atoms with Crippen LogP contribution in [-0.4, -0.2) is 24.2 Å². The molecule has 25 heavy (non-hydrogen) atoms. The Kier molecular flexibility index (Phi) is 4.07. The van der Waals surface area contributed by atoms with Gasteiger partial charge in [-0.15, -0.1) is 0 Å². The van der Waals surface area contributed by atoms with E-state index in [0.717, 1.165) is 11.8 Å². The normalized spacial score (nSPS) is 13.8. The van der Waals surface area contributed by atoms with E-state index in [-0.39, 0.29) is 10.1 Å². The van der Waals surface area contributed by atoms with Crippen molar-refractivity contribution in [3.63, 3.8) is 0 Å². The summed E-state index contributed by atoms with van der Waals surface area (Å²) in [5, 5.41) is 11.7. The van der Waals surface area contributed by atoms with Gasteiger partial charge in [-0.25, -0.2) is 4.98 Å². The SMILES string of the molecule is O=C([O-])/C(=C/c1ccc2c(c1)OCCO2)Sc1nc2ccccc2o1. The molecule has 0 fully saturated rings. The summed E-state index contributed by atoms with van der Waals surface area (Å²) in [6, 6.07) is 12.5. The number of hydrogen-bond acceptors (Lipinski definition) is 7. The molecule has 0 aliphatic carbocycles. The Morgan fingerprint density at radius 1 is 1.12 bits per heavy atom. The van der Waals surface area contributed by atoms with Gasteiger partial charge in [0.2, 0.25) is 0 Å². The lowest BCUT2D eigenvalue weighted by molar-refractivity contribution is -0.298. The molecule has 3 aromatic rings. The number of carboxylic acid groups (broad SMARTS) is 1. The Labute approximate surface area is 147 Å². The van der Waals surface area contributed by atoms with E-state index in [1.165, 1.54) is 6.08 Å². The minimum atomic E-state index is -1.30.